The summed E-state index contributed by atoms with van der Waals surface area (Å²) < 4.78 is 12.7. The Labute approximate surface area is 99.1 Å². The molecule has 0 aliphatic rings. The van der Waals surface area contributed by atoms with Crippen LogP contribution in [0.5, 0.6) is 0 Å². The third kappa shape index (κ3) is 3.66. The van der Waals surface area contributed by atoms with Gasteiger partial charge in [0.15, 0.2) is 0 Å². The van der Waals surface area contributed by atoms with E-state index in [-0.39, 0.29) is 10.9 Å². The summed E-state index contributed by atoms with van der Waals surface area (Å²) in [4.78, 5) is 11.6. The van der Waals surface area contributed by atoms with Crippen molar-refractivity contribution >= 4 is 17.5 Å². The first-order valence-electron chi connectivity index (χ1n) is 4.99. The van der Waals surface area contributed by atoms with E-state index in [9.17, 15) is 9.18 Å². The van der Waals surface area contributed by atoms with Crippen LogP contribution in [0, 0.1) is 5.82 Å². The zero-order chi connectivity index (χ0) is 12.0. The molecule has 0 heterocycles. The Morgan fingerprint density at radius 1 is 1.56 bits per heavy atom. The number of rotatable bonds is 4. The molecule has 0 bridgehead atoms. The molecule has 0 spiro atoms. The van der Waals surface area contributed by atoms with Crippen LogP contribution in [-0.4, -0.2) is 12.5 Å². The second-order valence-corrected chi connectivity index (χ2v) is 3.64. The molecule has 1 N–H and O–H groups in total. The van der Waals surface area contributed by atoms with Gasteiger partial charge in [0.2, 0.25) is 0 Å². The number of nitrogens with one attached hydrogen (secondary N) is 1. The average Bonchev–Trinajstić information content (AvgIpc) is 2.24. The summed E-state index contributed by atoms with van der Waals surface area (Å²) >= 11 is 5.75. The topological polar surface area (TPSA) is 29.1 Å². The zero-order valence-electron chi connectivity index (χ0n) is 8.97. The highest BCUT2D eigenvalue weighted by Gasteiger charge is 2.09. The molecule has 0 fully saturated rings. The maximum absolute atomic E-state index is 12.7. The fraction of sp³-hybridized carbons (Fsp3) is 0.250. The SMILES string of the molecule is C/C=C/CCNC(=O)c1ccc(F)cc1Cl. The molecule has 16 heavy (non-hydrogen) atoms. The van der Waals surface area contributed by atoms with Gasteiger partial charge in [-0.2, -0.15) is 0 Å². The molecule has 1 amide bonds. The summed E-state index contributed by atoms with van der Waals surface area (Å²) in [5.74, 6) is -0.732. The lowest BCUT2D eigenvalue weighted by Gasteiger charge is -2.05. The van der Waals surface area contributed by atoms with E-state index >= 15 is 0 Å². The van der Waals surface area contributed by atoms with Crippen molar-refractivity contribution in [1.29, 1.82) is 0 Å². The first kappa shape index (κ1) is 12.7. The molecule has 1 aromatic carbocycles. The molecule has 0 aromatic heterocycles. The molecule has 0 unspecified atom stereocenters. The number of carbonyl (C=O) groups is 1. The highest BCUT2D eigenvalue weighted by atomic mass is 35.5. The quantitative estimate of drug-likeness (QED) is 0.637. The zero-order valence-corrected chi connectivity index (χ0v) is 9.72. The predicted octanol–water partition coefficient (Wildman–Crippen LogP) is 3.18. The van der Waals surface area contributed by atoms with Crippen molar-refractivity contribution in [2.45, 2.75) is 13.3 Å². The van der Waals surface area contributed by atoms with E-state index < -0.39 is 5.82 Å². The molecule has 0 atom stereocenters. The van der Waals surface area contributed by atoms with Crippen molar-refractivity contribution in [3.05, 3.63) is 46.8 Å². The van der Waals surface area contributed by atoms with Gasteiger partial charge >= 0.3 is 0 Å². The van der Waals surface area contributed by atoms with Crippen LogP contribution in [0.3, 0.4) is 0 Å². The van der Waals surface area contributed by atoms with Gasteiger partial charge in [0, 0.05) is 6.54 Å². The van der Waals surface area contributed by atoms with E-state index in [2.05, 4.69) is 5.32 Å². The summed E-state index contributed by atoms with van der Waals surface area (Å²) in [5.41, 5.74) is 0.295. The molecule has 0 saturated heterocycles. The first-order chi connectivity index (χ1) is 7.65. The van der Waals surface area contributed by atoms with Crippen LogP contribution >= 0.6 is 11.6 Å². The number of hydrogen-bond acceptors (Lipinski definition) is 1. The van der Waals surface area contributed by atoms with Crippen molar-refractivity contribution in [3.63, 3.8) is 0 Å². The van der Waals surface area contributed by atoms with Gasteiger partial charge in [-0.15, -0.1) is 0 Å². The van der Waals surface area contributed by atoms with Gasteiger partial charge in [-0.05, 0) is 31.5 Å². The minimum atomic E-state index is -0.449. The molecule has 2 nitrogen and oxygen atoms in total. The fourth-order valence-electron chi connectivity index (χ4n) is 1.20. The summed E-state index contributed by atoms with van der Waals surface area (Å²) in [7, 11) is 0. The Morgan fingerprint density at radius 3 is 2.94 bits per heavy atom. The van der Waals surface area contributed by atoms with Gasteiger partial charge < -0.3 is 5.32 Å². The van der Waals surface area contributed by atoms with Gasteiger partial charge in [0.25, 0.3) is 5.91 Å². The largest absolute Gasteiger partial charge is 0.352 e. The highest BCUT2D eigenvalue weighted by Crippen LogP contribution is 2.16. The molecule has 1 rings (SSSR count). The Hall–Kier alpha value is -1.35. The van der Waals surface area contributed by atoms with Crippen LogP contribution in [-0.2, 0) is 0 Å². The number of hydrogen-bond donors (Lipinski definition) is 1. The second kappa shape index (κ2) is 6.28. The molecular weight excluding hydrogens is 229 g/mol. The van der Waals surface area contributed by atoms with Crippen LogP contribution in [0.15, 0.2) is 30.4 Å². The standard InChI is InChI=1S/C12H13ClFNO/c1-2-3-4-7-15-12(16)10-6-5-9(14)8-11(10)13/h2-3,5-6,8H,4,7H2,1H3,(H,15,16)/b3-2+. The van der Waals surface area contributed by atoms with Crippen molar-refractivity contribution in [1.82, 2.24) is 5.32 Å². The molecule has 0 radical (unpaired) electrons. The minimum Gasteiger partial charge on any atom is -0.352 e. The summed E-state index contributed by atoms with van der Waals surface area (Å²) in [6.07, 6.45) is 4.63. The number of benzene rings is 1. The lowest BCUT2D eigenvalue weighted by Crippen LogP contribution is -2.24. The van der Waals surface area contributed by atoms with E-state index in [0.717, 1.165) is 12.5 Å². The number of carbonyl (C=O) groups excluding carboxylic acids is 1. The lowest BCUT2D eigenvalue weighted by atomic mass is 10.2. The van der Waals surface area contributed by atoms with Crippen LogP contribution in [0.2, 0.25) is 5.02 Å². The van der Waals surface area contributed by atoms with E-state index in [4.69, 9.17) is 11.6 Å². The molecule has 86 valence electrons. The Morgan fingerprint density at radius 2 is 2.31 bits per heavy atom. The van der Waals surface area contributed by atoms with Gasteiger partial charge in [-0.25, -0.2) is 4.39 Å². The van der Waals surface area contributed by atoms with E-state index in [1.165, 1.54) is 12.1 Å². The normalized spacial score (nSPS) is 10.7. The van der Waals surface area contributed by atoms with Crippen LogP contribution in [0.1, 0.15) is 23.7 Å². The smallest absolute Gasteiger partial charge is 0.252 e. The lowest BCUT2D eigenvalue weighted by molar-refractivity contribution is 0.0954. The monoisotopic (exact) mass is 241 g/mol. The van der Waals surface area contributed by atoms with Crippen molar-refractivity contribution in [3.8, 4) is 0 Å². The van der Waals surface area contributed by atoms with E-state index in [1.807, 2.05) is 19.1 Å². The average molecular weight is 242 g/mol. The van der Waals surface area contributed by atoms with Crippen LogP contribution in [0.4, 0.5) is 4.39 Å². The maximum Gasteiger partial charge on any atom is 0.252 e. The Bertz CT molecular complexity index is 404. The first-order valence-corrected chi connectivity index (χ1v) is 5.37. The van der Waals surface area contributed by atoms with Gasteiger partial charge in [0.05, 0.1) is 10.6 Å². The van der Waals surface area contributed by atoms with Gasteiger partial charge in [-0.3, -0.25) is 4.79 Å². The molecule has 0 aliphatic carbocycles. The molecular formula is C12H13ClFNO. The fourth-order valence-corrected chi connectivity index (χ4v) is 1.46. The van der Waals surface area contributed by atoms with Crippen molar-refractivity contribution in [2.24, 2.45) is 0 Å². The van der Waals surface area contributed by atoms with Gasteiger partial charge in [0.1, 0.15) is 5.82 Å². The highest BCUT2D eigenvalue weighted by molar-refractivity contribution is 6.33. The van der Waals surface area contributed by atoms with E-state index in [0.29, 0.717) is 12.1 Å². The number of allylic oxidation sites excluding steroid dienone is 1. The van der Waals surface area contributed by atoms with Crippen molar-refractivity contribution < 1.29 is 9.18 Å². The second-order valence-electron chi connectivity index (χ2n) is 3.24. The van der Waals surface area contributed by atoms with Crippen molar-refractivity contribution in [2.75, 3.05) is 6.54 Å². The minimum absolute atomic E-state index is 0.128. The number of halogens is 2. The van der Waals surface area contributed by atoms with Gasteiger partial charge in [-0.1, -0.05) is 23.8 Å². The summed E-state index contributed by atoms with van der Waals surface area (Å²) in [6, 6.07) is 3.72. The number of amides is 1. The van der Waals surface area contributed by atoms with Crippen LogP contribution < -0.4 is 5.32 Å². The van der Waals surface area contributed by atoms with E-state index in [1.54, 1.807) is 0 Å². The predicted molar refractivity (Wildman–Crippen MR) is 63.2 cm³/mol. The summed E-state index contributed by atoms with van der Waals surface area (Å²) in [5, 5.41) is 2.83. The molecule has 0 saturated carbocycles. The third-order valence-corrected chi connectivity index (χ3v) is 2.32. The third-order valence-electron chi connectivity index (χ3n) is 2.01. The summed E-state index contributed by atoms with van der Waals surface area (Å²) in [6.45, 7) is 2.45. The molecule has 4 heteroatoms. The maximum atomic E-state index is 12.7. The Kier molecular flexibility index (Phi) is 4.99. The molecule has 0 aliphatic heterocycles. The van der Waals surface area contributed by atoms with Crippen LogP contribution in [0.25, 0.3) is 0 Å². The Balaban J connectivity index is 2.59. The molecule has 1 aromatic rings.